The molecule has 0 aliphatic carbocycles. The van der Waals surface area contributed by atoms with E-state index in [0.29, 0.717) is 34.9 Å². The van der Waals surface area contributed by atoms with Crippen molar-refractivity contribution in [1.82, 2.24) is 15.3 Å². The van der Waals surface area contributed by atoms with Gasteiger partial charge in [0.1, 0.15) is 0 Å². The fourth-order valence-corrected chi connectivity index (χ4v) is 5.65. The van der Waals surface area contributed by atoms with Gasteiger partial charge in [-0.3, -0.25) is 0 Å². The van der Waals surface area contributed by atoms with Gasteiger partial charge in [0.25, 0.3) is 0 Å². The molecule has 7 nitrogen and oxygen atoms in total. The summed E-state index contributed by atoms with van der Waals surface area (Å²) >= 11 is -0.556. The molecule has 0 saturated carbocycles. The summed E-state index contributed by atoms with van der Waals surface area (Å²) in [6, 6.07) is 6.43. The van der Waals surface area contributed by atoms with E-state index in [0.717, 1.165) is 11.3 Å². The fraction of sp³-hybridized carbons (Fsp3) is 0.182. The van der Waals surface area contributed by atoms with Gasteiger partial charge in [0.05, 0.1) is 0 Å². The number of ether oxygens (including phenoxy) is 2. The third-order valence-corrected chi connectivity index (χ3v) is 7.56. The van der Waals surface area contributed by atoms with E-state index in [-0.39, 0.29) is 22.2 Å². The number of anilines is 2. The predicted molar refractivity (Wildman–Crippen MR) is 109 cm³/mol. The van der Waals surface area contributed by atoms with Crippen LogP contribution in [0.25, 0.3) is 11.3 Å². The van der Waals surface area contributed by atoms with Gasteiger partial charge in [0.2, 0.25) is 0 Å². The number of rotatable bonds is 3. The normalized spacial score (nSPS) is 16.8. The second-order valence-corrected chi connectivity index (χ2v) is 9.49. The molecule has 2 aliphatic rings. The average Bonchev–Trinajstić information content (AvgIpc) is 3.13. The van der Waals surface area contributed by atoms with Crippen molar-refractivity contribution in [3.63, 3.8) is 0 Å². The van der Waals surface area contributed by atoms with Crippen LogP contribution >= 0.6 is 0 Å². The monoisotopic (exact) mass is 531 g/mol. The molecule has 0 fully saturated rings. The minimum absolute atomic E-state index is 0.0711. The van der Waals surface area contributed by atoms with Crippen LogP contribution < -0.4 is 41.3 Å². The number of aromatic amines is 1. The molecule has 4 heterocycles. The van der Waals surface area contributed by atoms with Crippen molar-refractivity contribution in [2.75, 3.05) is 25.6 Å². The molecule has 2 bridgehead atoms. The Hall–Kier alpha value is -3.26. The average molecular weight is 531 g/mol. The number of fused-ring (bicyclic) bond motifs is 3. The van der Waals surface area contributed by atoms with Gasteiger partial charge in [-0.2, -0.15) is 0 Å². The quantitative estimate of drug-likeness (QED) is 0.256. The van der Waals surface area contributed by atoms with Crippen molar-refractivity contribution < 1.29 is 39.9 Å². The first-order chi connectivity index (χ1) is 15.2. The van der Waals surface area contributed by atoms with Crippen LogP contribution in [0.4, 0.5) is 15.8 Å². The molecule has 2 aromatic heterocycles. The Morgan fingerprint density at radius 3 is 3.16 bits per heavy atom. The number of nitrogens with zero attached hydrogens (tertiary/aromatic N) is 1. The third kappa shape index (κ3) is 3.46. The Balaban J connectivity index is 1.76. The number of para-hydroxylation sites is 1. The molecular formula is C22H17FIN4O3-. The van der Waals surface area contributed by atoms with Crippen LogP contribution in [0.3, 0.4) is 0 Å². The van der Waals surface area contributed by atoms with Crippen molar-refractivity contribution in [2.24, 2.45) is 0 Å². The summed E-state index contributed by atoms with van der Waals surface area (Å²) in [5.41, 5.74) is 3.69. The molecule has 0 saturated heterocycles. The third-order valence-electron chi connectivity index (χ3n) is 5.05. The van der Waals surface area contributed by atoms with Crippen LogP contribution in [0.15, 0.2) is 36.7 Å². The zero-order chi connectivity index (χ0) is 21.4. The summed E-state index contributed by atoms with van der Waals surface area (Å²) in [5.74, 6) is 2.99. The molecule has 0 spiro atoms. The van der Waals surface area contributed by atoms with Gasteiger partial charge >= 0.3 is 188 Å². The number of aromatic nitrogens is 2. The zero-order valence-corrected chi connectivity index (χ0v) is 18.5. The minimum atomic E-state index is -0.556. The molecule has 1 atom stereocenters. The Morgan fingerprint density at radius 1 is 1.39 bits per heavy atom. The number of H-pyrrole nitrogens is 1. The number of hydrogen-bond acceptors (Lipinski definition) is 5. The number of nitrogens with one attached hydrogen (secondary N) is 3. The zero-order valence-electron chi connectivity index (χ0n) is 16.4. The molecular weight excluding hydrogens is 514 g/mol. The summed E-state index contributed by atoms with van der Waals surface area (Å²) < 4.78 is 28.8. The number of alkyl halides is 1. The van der Waals surface area contributed by atoms with Gasteiger partial charge in [0.15, 0.2) is 0 Å². The van der Waals surface area contributed by atoms with Crippen LogP contribution in [0.2, 0.25) is 0 Å². The van der Waals surface area contributed by atoms with Gasteiger partial charge in [-0.15, -0.1) is 0 Å². The van der Waals surface area contributed by atoms with E-state index in [1.165, 1.54) is 13.2 Å². The molecule has 1 amide bonds. The van der Waals surface area contributed by atoms with E-state index in [4.69, 9.17) is 9.47 Å². The van der Waals surface area contributed by atoms with Crippen molar-refractivity contribution in [1.29, 1.82) is 0 Å². The second-order valence-electron chi connectivity index (χ2n) is 6.83. The number of carbonyl (C=O) groups excluding carboxylic acids is 1. The van der Waals surface area contributed by atoms with Crippen LogP contribution in [-0.4, -0.2) is 36.1 Å². The van der Waals surface area contributed by atoms with Crippen LogP contribution in [0.5, 0.6) is 11.5 Å². The number of pyridine rings is 1. The van der Waals surface area contributed by atoms with E-state index >= 15 is 0 Å². The maximum atomic E-state index is 14.3. The molecule has 3 aromatic rings. The summed E-state index contributed by atoms with van der Waals surface area (Å²) in [5, 5.41) is 6.22. The van der Waals surface area contributed by atoms with Crippen LogP contribution in [-0.2, 0) is 0 Å². The van der Waals surface area contributed by atoms with E-state index < -0.39 is 27.0 Å². The second kappa shape index (κ2) is 8.11. The van der Waals surface area contributed by atoms with Crippen molar-refractivity contribution >= 4 is 17.3 Å². The van der Waals surface area contributed by atoms with Gasteiger partial charge in [0, 0.05) is 0 Å². The Bertz CT molecular complexity index is 1250. The van der Waals surface area contributed by atoms with E-state index in [1.54, 1.807) is 24.5 Å². The summed E-state index contributed by atoms with van der Waals surface area (Å²) in [6.07, 6.45) is 3.28. The molecule has 1 unspecified atom stereocenters. The predicted octanol–water partition coefficient (Wildman–Crippen LogP) is 0.195. The van der Waals surface area contributed by atoms with E-state index in [1.807, 2.05) is 6.07 Å². The number of benzene rings is 1. The van der Waals surface area contributed by atoms with Crippen LogP contribution in [0, 0.1) is 15.7 Å². The summed E-state index contributed by atoms with van der Waals surface area (Å²) in [6.45, 7) is 0.789. The van der Waals surface area contributed by atoms with Crippen molar-refractivity contribution in [3.05, 3.63) is 53.7 Å². The SMILES string of the molecule is COc1c(F)cccc1Nc1c2[nH]c3c1C(=O)NCC3[I-]C#CCOc1cnccc1-2. The number of amides is 1. The molecule has 0 radical (unpaired) electrons. The van der Waals surface area contributed by atoms with Gasteiger partial charge < -0.3 is 0 Å². The van der Waals surface area contributed by atoms with E-state index in [2.05, 4.69) is 30.4 Å². The molecule has 158 valence electrons. The number of carbonyl (C=O) groups is 1. The topological polar surface area (TPSA) is 88.3 Å². The first kappa shape index (κ1) is 19.7. The first-order valence-electron chi connectivity index (χ1n) is 9.48. The van der Waals surface area contributed by atoms with Gasteiger partial charge in [-0.25, -0.2) is 0 Å². The molecule has 31 heavy (non-hydrogen) atoms. The van der Waals surface area contributed by atoms with E-state index in [9.17, 15) is 9.18 Å². The molecule has 1 aromatic carbocycles. The fourth-order valence-electron chi connectivity index (χ4n) is 3.68. The maximum absolute atomic E-state index is 14.3. The van der Waals surface area contributed by atoms with Crippen LogP contribution in [0.1, 0.15) is 20.0 Å². The summed E-state index contributed by atoms with van der Waals surface area (Å²) in [7, 11) is 1.41. The Labute approximate surface area is 188 Å². The molecule has 5 rings (SSSR count). The molecule has 2 aliphatic heterocycles. The first-order valence-corrected chi connectivity index (χ1v) is 11.8. The Kier molecular flexibility index (Phi) is 5.15. The number of methoxy groups -OCH3 is 1. The Morgan fingerprint density at radius 2 is 2.29 bits per heavy atom. The number of halogens is 2. The standard InChI is InChI=1S/C22H17FIN4O3/c1-30-21-13(23)4-2-5-15(21)27-20-17-19-14(10-26-22(17)29)24-7-3-9-31-16-11-25-8-6-12(16)18(20)28-19/h2,4-6,8,11,14,27-28H,9-10H2,1H3,(H,26,29)/q-1. The molecule has 9 heteroatoms. The van der Waals surface area contributed by atoms with Gasteiger partial charge in [-0.1, -0.05) is 0 Å². The van der Waals surface area contributed by atoms with Crippen molar-refractivity contribution in [3.8, 4) is 32.6 Å². The van der Waals surface area contributed by atoms with Crippen molar-refractivity contribution in [2.45, 2.75) is 3.92 Å². The van der Waals surface area contributed by atoms with Gasteiger partial charge in [-0.05, 0) is 0 Å². The number of hydrogen-bond donors (Lipinski definition) is 3. The molecule has 3 N–H and O–H groups in total. The summed E-state index contributed by atoms with van der Waals surface area (Å²) in [4.78, 5) is 20.5.